The molecule has 0 aliphatic heterocycles. The predicted octanol–water partition coefficient (Wildman–Crippen LogP) is 1.93. The highest BCUT2D eigenvalue weighted by Crippen LogP contribution is 2.39. The van der Waals surface area contributed by atoms with Gasteiger partial charge < -0.3 is 26.9 Å². The van der Waals surface area contributed by atoms with Gasteiger partial charge in [-0.3, -0.25) is 4.79 Å². The maximum absolute atomic E-state index is 11.5. The highest BCUT2D eigenvalue weighted by Gasteiger charge is 2.22. The van der Waals surface area contributed by atoms with Crippen LogP contribution in [0.5, 0.6) is 0 Å². The van der Waals surface area contributed by atoms with Gasteiger partial charge in [0.05, 0.1) is 28.3 Å². The van der Waals surface area contributed by atoms with Gasteiger partial charge in [0.1, 0.15) is 17.0 Å². The first kappa shape index (κ1) is 12.4. The molecule has 0 unspecified atom stereocenters. The first-order valence-electron chi connectivity index (χ1n) is 5.60. The molecule has 7 N–H and O–H groups in total. The van der Waals surface area contributed by atoms with E-state index < -0.39 is 5.91 Å². The number of nitrogens with two attached hydrogens (primary N) is 3. The molecular weight excluding hydrogens is 282 g/mol. The van der Waals surface area contributed by atoms with Crippen LogP contribution in [0.15, 0.2) is 22.7 Å². The number of halogens is 1. The molecule has 3 rings (SSSR count). The zero-order valence-corrected chi connectivity index (χ0v) is 10.9. The number of pyridine rings is 1. The van der Waals surface area contributed by atoms with Gasteiger partial charge in [-0.05, 0) is 12.1 Å². The number of furan rings is 2. The molecule has 20 heavy (non-hydrogen) atoms. The van der Waals surface area contributed by atoms with Crippen molar-refractivity contribution in [1.82, 2.24) is 4.98 Å². The van der Waals surface area contributed by atoms with Gasteiger partial charge in [-0.1, -0.05) is 11.6 Å². The number of primary amides is 1. The van der Waals surface area contributed by atoms with Crippen LogP contribution in [0.2, 0.25) is 5.02 Å². The number of anilines is 4. The quantitative estimate of drug-likeness (QED) is 0.582. The number of aromatic nitrogens is 1. The smallest absolute Gasteiger partial charge is 0.254 e. The van der Waals surface area contributed by atoms with E-state index in [9.17, 15) is 4.79 Å². The van der Waals surface area contributed by atoms with Crippen molar-refractivity contribution in [2.24, 2.45) is 5.73 Å². The van der Waals surface area contributed by atoms with Crippen molar-refractivity contribution in [1.29, 1.82) is 0 Å². The number of nitrogens with one attached hydrogen (secondary N) is 1. The minimum atomic E-state index is -0.612. The Hall–Kier alpha value is -2.67. The normalized spacial score (nSPS) is 11.1. The molecule has 2 bridgehead atoms. The number of nitrogens with zero attached hydrogens (tertiary/aromatic N) is 1. The lowest BCUT2D eigenvalue weighted by Gasteiger charge is -2.12. The van der Waals surface area contributed by atoms with Gasteiger partial charge in [0.15, 0.2) is 5.58 Å². The molecule has 7 nitrogen and oxygen atoms in total. The van der Waals surface area contributed by atoms with E-state index in [1.54, 1.807) is 12.1 Å². The number of rotatable bonds is 3. The molecular formula is C12H10ClN5O2. The van der Waals surface area contributed by atoms with Crippen LogP contribution in [0.1, 0.15) is 10.4 Å². The fourth-order valence-corrected chi connectivity index (χ4v) is 2.19. The summed E-state index contributed by atoms with van der Waals surface area (Å²) in [7, 11) is 0. The Morgan fingerprint density at radius 1 is 1.25 bits per heavy atom. The van der Waals surface area contributed by atoms with Crippen molar-refractivity contribution in [3.63, 3.8) is 0 Å². The second kappa shape index (κ2) is 4.17. The lowest BCUT2D eigenvalue weighted by molar-refractivity contribution is 0.100. The van der Waals surface area contributed by atoms with Gasteiger partial charge in [-0.25, -0.2) is 4.98 Å². The number of carbonyl (C=O) groups is 1. The van der Waals surface area contributed by atoms with E-state index in [0.717, 1.165) is 0 Å². The van der Waals surface area contributed by atoms with Crippen LogP contribution in [0.25, 0.3) is 11.2 Å². The van der Waals surface area contributed by atoms with E-state index >= 15 is 0 Å². The topological polar surface area (TPSA) is 133 Å². The third kappa shape index (κ3) is 1.68. The molecule has 3 heterocycles. The summed E-state index contributed by atoms with van der Waals surface area (Å²) in [5.74, 6) is -0.478. The Morgan fingerprint density at radius 3 is 2.65 bits per heavy atom. The van der Waals surface area contributed by atoms with Gasteiger partial charge in [0.25, 0.3) is 5.91 Å². The molecule has 0 fully saturated rings. The number of benzene rings is 1. The number of hydrogen-bond acceptors (Lipinski definition) is 6. The van der Waals surface area contributed by atoms with Crippen LogP contribution in [-0.4, -0.2) is 10.9 Å². The summed E-state index contributed by atoms with van der Waals surface area (Å²) in [6, 6.07) is 3.37. The fourth-order valence-electron chi connectivity index (χ4n) is 1.99. The molecule has 0 saturated carbocycles. The van der Waals surface area contributed by atoms with Crippen LogP contribution in [0, 0.1) is 0 Å². The molecule has 0 radical (unpaired) electrons. The number of carbonyl (C=O) groups excluding carboxylic acids is 1. The van der Waals surface area contributed by atoms with Gasteiger partial charge in [-0.15, -0.1) is 0 Å². The largest absolute Gasteiger partial charge is 0.454 e. The van der Waals surface area contributed by atoms with Crippen LogP contribution in [0.3, 0.4) is 0 Å². The molecule has 0 saturated heterocycles. The van der Waals surface area contributed by atoms with Crippen LogP contribution < -0.4 is 22.5 Å². The standard InChI is InChI=1S/C12H10ClN5O2/c13-4-3-17-11(15)8(14)9(4)18-10-6-2-1-5(20-6)7(10)12(16)19/h1-3H,14H2,(H2,16,19)(H3,15,17,18). The predicted molar refractivity (Wildman–Crippen MR) is 77.3 cm³/mol. The molecule has 0 spiro atoms. The van der Waals surface area contributed by atoms with Gasteiger partial charge in [-0.2, -0.15) is 0 Å². The average molecular weight is 292 g/mol. The van der Waals surface area contributed by atoms with Crippen molar-refractivity contribution >= 4 is 51.6 Å². The van der Waals surface area contributed by atoms with Crippen molar-refractivity contribution in [3.05, 3.63) is 28.9 Å². The highest BCUT2D eigenvalue weighted by atomic mass is 35.5. The molecule has 1 amide bonds. The van der Waals surface area contributed by atoms with Crippen molar-refractivity contribution in [2.75, 3.05) is 16.8 Å². The monoisotopic (exact) mass is 291 g/mol. The maximum atomic E-state index is 11.5. The lowest BCUT2D eigenvalue weighted by Crippen LogP contribution is -2.13. The fraction of sp³-hybridized carbons (Fsp3) is 0. The summed E-state index contributed by atoms with van der Waals surface area (Å²) in [5, 5.41) is 3.22. The van der Waals surface area contributed by atoms with Crippen LogP contribution >= 0.6 is 11.6 Å². The molecule has 8 heteroatoms. The van der Waals surface area contributed by atoms with Gasteiger partial charge in [0, 0.05) is 0 Å². The number of amides is 1. The highest BCUT2D eigenvalue weighted by molar-refractivity contribution is 6.34. The van der Waals surface area contributed by atoms with Gasteiger partial charge in [0.2, 0.25) is 0 Å². The number of nitrogen functional groups attached to an aromatic ring is 2. The minimum Gasteiger partial charge on any atom is -0.454 e. The summed E-state index contributed by atoms with van der Waals surface area (Å²) in [6.45, 7) is 0. The van der Waals surface area contributed by atoms with E-state index in [0.29, 0.717) is 22.5 Å². The van der Waals surface area contributed by atoms with E-state index in [1.165, 1.54) is 6.20 Å². The van der Waals surface area contributed by atoms with E-state index in [-0.39, 0.29) is 22.1 Å². The average Bonchev–Trinajstić information content (AvgIpc) is 2.99. The first-order valence-corrected chi connectivity index (χ1v) is 5.98. The molecule has 102 valence electrons. The third-order valence-corrected chi connectivity index (χ3v) is 3.23. The lowest BCUT2D eigenvalue weighted by atomic mass is 10.1. The van der Waals surface area contributed by atoms with Gasteiger partial charge >= 0.3 is 0 Å². The summed E-state index contributed by atoms with van der Waals surface area (Å²) in [4.78, 5) is 15.3. The van der Waals surface area contributed by atoms with Crippen LogP contribution in [-0.2, 0) is 0 Å². The molecule has 0 aromatic carbocycles. The molecule has 0 aliphatic carbocycles. The third-order valence-electron chi connectivity index (χ3n) is 2.95. The number of fused-ring (bicyclic) bond motifs is 2. The SMILES string of the molecule is NC(=O)c1c(Nc2c(Cl)cnc(N)c2N)c2ccc1o2. The molecule has 0 atom stereocenters. The Balaban J connectivity index is 2.14. The second-order valence-corrected chi connectivity index (χ2v) is 4.59. The van der Waals surface area contributed by atoms with Crippen molar-refractivity contribution in [2.45, 2.75) is 0 Å². The van der Waals surface area contributed by atoms with Crippen molar-refractivity contribution < 1.29 is 9.21 Å². The minimum absolute atomic E-state index is 0.135. The van der Waals surface area contributed by atoms with Crippen LogP contribution in [0.4, 0.5) is 22.9 Å². The van der Waals surface area contributed by atoms with E-state index in [2.05, 4.69) is 10.3 Å². The summed E-state index contributed by atoms with van der Waals surface area (Å²) in [6.07, 6.45) is 1.36. The zero-order valence-electron chi connectivity index (χ0n) is 10.1. The maximum Gasteiger partial charge on any atom is 0.254 e. The summed E-state index contributed by atoms with van der Waals surface area (Å²) in [5.41, 5.74) is 18.9. The first-order chi connectivity index (χ1) is 9.49. The Bertz CT molecular complexity index is 813. The molecule has 0 aliphatic rings. The Kier molecular flexibility index (Phi) is 2.58. The second-order valence-electron chi connectivity index (χ2n) is 4.18. The number of hydrogen-bond donors (Lipinski definition) is 4. The Morgan fingerprint density at radius 2 is 1.95 bits per heavy atom. The van der Waals surface area contributed by atoms with E-state index in [4.69, 9.17) is 33.2 Å². The Labute approximate surface area is 118 Å². The van der Waals surface area contributed by atoms with E-state index in [1.807, 2.05) is 0 Å². The molecule has 3 aromatic heterocycles. The summed E-state index contributed by atoms with van der Waals surface area (Å²) >= 11 is 6.04. The molecule has 3 aromatic rings. The zero-order chi connectivity index (χ0) is 14.4. The summed E-state index contributed by atoms with van der Waals surface area (Å²) < 4.78 is 5.40. The van der Waals surface area contributed by atoms with Crippen molar-refractivity contribution in [3.8, 4) is 0 Å².